The Morgan fingerprint density at radius 2 is 2.00 bits per heavy atom. The van der Waals surface area contributed by atoms with Crippen molar-refractivity contribution in [1.29, 1.82) is 0 Å². The number of nitrogens with zero attached hydrogens (tertiary/aromatic N) is 4. The van der Waals surface area contributed by atoms with Crippen LogP contribution in [0.3, 0.4) is 0 Å². The minimum absolute atomic E-state index is 0.169. The number of benzene rings is 1. The average molecular weight is 296 g/mol. The molecular weight excluding hydrogens is 280 g/mol. The van der Waals surface area contributed by atoms with Crippen LogP contribution in [0.1, 0.15) is 23.0 Å². The molecule has 0 saturated heterocycles. The largest absolute Gasteiger partial charge is 0.478 e. The average Bonchev–Trinajstić information content (AvgIpc) is 3.11. The summed E-state index contributed by atoms with van der Waals surface area (Å²) in [6.07, 6.45) is 3.21. The van der Waals surface area contributed by atoms with Gasteiger partial charge in [0.1, 0.15) is 11.3 Å². The Morgan fingerprint density at radius 3 is 2.59 bits per heavy atom. The lowest BCUT2D eigenvalue weighted by atomic mass is 10.1. The van der Waals surface area contributed by atoms with Gasteiger partial charge in [0.15, 0.2) is 0 Å². The summed E-state index contributed by atoms with van der Waals surface area (Å²) in [6, 6.07) is 9.44. The summed E-state index contributed by atoms with van der Waals surface area (Å²) in [5, 5.41) is 18.2. The van der Waals surface area contributed by atoms with Crippen LogP contribution in [0.5, 0.6) is 0 Å². The van der Waals surface area contributed by atoms with Gasteiger partial charge in [-0.1, -0.05) is 18.2 Å². The van der Waals surface area contributed by atoms with Crippen molar-refractivity contribution in [3.05, 3.63) is 54.0 Å². The zero-order valence-corrected chi connectivity index (χ0v) is 12.4. The second-order valence-corrected chi connectivity index (χ2v) is 4.94. The number of carboxylic acid groups (broad SMARTS) is 1. The standard InChI is InChI=1S/C16H16N4O2/c1-3-19-11(2)13(9-17-19)15-14(16(21)22)10-20(18-15)12-7-5-4-6-8-12/h4-10H,3H2,1-2H3,(H,21,22). The minimum Gasteiger partial charge on any atom is -0.478 e. The number of carboxylic acids is 1. The number of rotatable bonds is 4. The zero-order valence-electron chi connectivity index (χ0n) is 12.4. The number of hydrogen-bond acceptors (Lipinski definition) is 3. The van der Waals surface area contributed by atoms with E-state index in [1.807, 2.05) is 48.9 Å². The summed E-state index contributed by atoms with van der Waals surface area (Å²) in [5.74, 6) is -0.999. The molecule has 2 heterocycles. The Hall–Kier alpha value is -2.89. The number of aryl methyl sites for hydroxylation is 1. The molecule has 0 amide bonds. The maximum atomic E-state index is 11.5. The highest BCUT2D eigenvalue weighted by Crippen LogP contribution is 2.26. The first kappa shape index (κ1) is 14.1. The Bertz CT molecular complexity index is 818. The van der Waals surface area contributed by atoms with Crippen LogP contribution in [0.2, 0.25) is 0 Å². The fraction of sp³-hybridized carbons (Fsp3) is 0.188. The Kier molecular flexibility index (Phi) is 3.50. The second kappa shape index (κ2) is 5.48. The highest BCUT2D eigenvalue weighted by Gasteiger charge is 2.21. The van der Waals surface area contributed by atoms with Gasteiger partial charge in [0.05, 0.1) is 11.9 Å². The quantitative estimate of drug-likeness (QED) is 0.803. The molecule has 0 radical (unpaired) electrons. The molecule has 3 aromatic rings. The number of para-hydroxylation sites is 1. The van der Waals surface area contributed by atoms with Gasteiger partial charge in [-0.2, -0.15) is 10.2 Å². The number of carbonyl (C=O) groups is 1. The first-order valence-corrected chi connectivity index (χ1v) is 7.03. The van der Waals surface area contributed by atoms with E-state index in [0.717, 1.165) is 23.5 Å². The van der Waals surface area contributed by atoms with Crippen LogP contribution in [0.15, 0.2) is 42.7 Å². The smallest absolute Gasteiger partial charge is 0.339 e. The summed E-state index contributed by atoms with van der Waals surface area (Å²) in [4.78, 5) is 11.5. The molecule has 22 heavy (non-hydrogen) atoms. The fourth-order valence-corrected chi connectivity index (χ4v) is 2.44. The first-order chi connectivity index (χ1) is 10.6. The number of hydrogen-bond donors (Lipinski definition) is 1. The fourth-order valence-electron chi connectivity index (χ4n) is 2.44. The van der Waals surface area contributed by atoms with E-state index in [9.17, 15) is 9.90 Å². The number of aromatic nitrogens is 4. The van der Waals surface area contributed by atoms with Crippen LogP contribution in [0.25, 0.3) is 16.9 Å². The molecule has 112 valence electrons. The van der Waals surface area contributed by atoms with Crippen molar-refractivity contribution in [2.75, 3.05) is 0 Å². The van der Waals surface area contributed by atoms with Gasteiger partial charge in [0, 0.05) is 24.0 Å². The van der Waals surface area contributed by atoms with E-state index >= 15 is 0 Å². The molecule has 0 aliphatic heterocycles. The summed E-state index contributed by atoms with van der Waals surface area (Å²) >= 11 is 0. The van der Waals surface area contributed by atoms with Gasteiger partial charge in [-0.25, -0.2) is 9.48 Å². The maximum absolute atomic E-state index is 11.5. The molecule has 0 fully saturated rings. The lowest BCUT2D eigenvalue weighted by Gasteiger charge is -2.01. The number of aromatic carboxylic acids is 1. The van der Waals surface area contributed by atoms with Crippen LogP contribution in [0.4, 0.5) is 0 Å². The summed E-state index contributed by atoms with van der Waals surface area (Å²) in [6.45, 7) is 4.64. The molecule has 0 aliphatic rings. The molecule has 0 spiro atoms. The van der Waals surface area contributed by atoms with E-state index in [4.69, 9.17) is 0 Å². The van der Waals surface area contributed by atoms with Gasteiger partial charge in [-0.3, -0.25) is 4.68 Å². The van der Waals surface area contributed by atoms with Crippen molar-refractivity contribution in [2.45, 2.75) is 20.4 Å². The van der Waals surface area contributed by atoms with Crippen molar-refractivity contribution in [1.82, 2.24) is 19.6 Å². The lowest BCUT2D eigenvalue weighted by Crippen LogP contribution is -2.00. The van der Waals surface area contributed by atoms with E-state index in [2.05, 4.69) is 10.2 Å². The third-order valence-electron chi connectivity index (χ3n) is 3.62. The van der Waals surface area contributed by atoms with Crippen molar-refractivity contribution in [3.8, 4) is 16.9 Å². The van der Waals surface area contributed by atoms with Crippen molar-refractivity contribution < 1.29 is 9.90 Å². The molecule has 1 aromatic carbocycles. The van der Waals surface area contributed by atoms with E-state index < -0.39 is 5.97 Å². The Labute approximate surface area is 127 Å². The van der Waals surface area contributed by atoms with E-state index in [1.165, 1.54) is 6.20 Å². The summed E-state index contributed by atoms with van der Waals surface area (Å²) in [7, 11) is 0. The van der Waals surface area contributed by atoms with Crippen molar-refractivity contribution >= 4 is 5.97 Å². The molecule has 1 N–H and O–H groups in total. The van der Waals surface area contributed by atoms with Crippen molar-refractivity contribution in [3.63, 3.8) is 0 Å². The molecule has 0 atom stereocenters. The van der Waals surface area contributed by atoms with Gasteiger partial charge in [0.25, 0.3) is 0 Å². The van der Waals surface area contributed by atoms with Crippen LogP contribution in [-0.2, 0) is 6.54 Å². The molecule has 2 aromatic heterocycles. The minimum atomic E-state index is -0.999. The van der Waals surface area contributed by atoms with Crippen LogP contribution < -0.4 is 0 Å². The molecule has 6 heteroatoms. The molecule has 0 bridgehead atoms. The van der Waals surface area contributed by atoms with Crippen LogP contribution in [0, 0.1) is 6.92 Å². The van der Waals surface area contributed by atoms with E-state index in [-0.39, 0.29) is 5.56 Å². The Morgan fingerprint density at radius 1 is 1.27 bits per heavy atom. The molecule has 0 aliphatic carbocycles. The predicted octanol–water partition coefficient (Wildman–Crippen LogP) is 2.76. The van der Waals surface area contributed by atoms with E-state index in [0.29, 0.717) is 5.69 Å². The molecular formula is C16H16N4O2. The Balaban J connectivity index is 2.16. The summed E-state index contributed by atoms with van der Waals surface area (Å²) < 4.78 is 3.41. The molecule has 0 unspecified atom stereocenters. The molecule has 0 saturated carbocycles. The second-order valence-electron chi connectivity index (χ2n) is 4.94. The van der Waals surface area contributed by atoms with Gasteiger partial charge in [-0.15, -0.1) is 0 Å². The monoisotopic (exact) mass is 296 g/mol. The van der Waals surface area contributed by atoms with E-state index in [1.54, 1.807) is 10.9 Å². The third kappa shape index (κ3) is 2.28. The van der Waals surface area contributed by atoms with Gasteiger partial charge in [-0.05, 0) is 26.0 Å². The van der Waals surface area contributed by atoms with Gasteiger partial charge >= 0.3 is 5.97 Å². The maximum Gasteiger partial charge on any atom is 0.339 e. The highest BCUT2D eigenvalue weighted by molar-refractivity contribution is 5.95. The van der Waals surface area contributed by atoms with Crippen LogP contribution >= 0.6 is 0 Å². The first-order valence-electron chi connectivity index (χ1n) is 7.03. The van der Waals surface area contributed by atoms with Crippen LogP contribution in [-0.4, -0.2) is 30.6 Å². The SMILES string of the molecule is CCn1ncc(-c2nn(-c3ccccc3)cc2C(=O)O)c1C. The van der Waals surface area contributed by atoms with Crippen molar-refractivity contribution in [2.24, 2.45) is 0 Å². The zero-order chi connectivity index (χ0) is 15.7. The predicted molar refractivity (Wildman–Crippen MR) is 82.2 cm³/mol. The topological polar surface area (TPSA) is 72.9 Å². The summed E-state index contributed by atoms with van der Waals surface area (Å²) in [5.41, 5.74) is 3.07. The molecule has 3 rings (SSSR count). The lowest BCUT2D eigenvalue weighted by molar-refractivity contribution is 0.0697. The van der Waals surface area contributed by atoms with Gasteiger partial charge < -0.3 is 5.11 Å². The normalized spacial score (nSPS) is 10.8. The highest BCUT2D eigenvalue weighted by atomic mass is 16.4. The third-order valence-corrected chi connectivity index (χ3v) is 3.62. The molecule has 6 nitrogen and oxygen atoms in total. The van der Waals surface area contributed by atoms with Gasteiger partial charge in [0.2, 0.25) is 0 Å².